The Kier molecular flexibility index (Phi) is 5.21. The molecule has 0 bridgehead atoms. The van der Waals surface area contributed by atoms with Crippen molar-refractivity contribution in [1.29, 1.82) is 0 Å². The Labute approximate surface area is 166 Å². The van der Waals surface area contributed by atoms with Crippen LogP contribution in [-0.4, -0.2) is 20.0 Å². The predicted molar refractivity (Wildman–Crippen MR) is 110 cm³/mol. The minimum Gasteiger partial charge on any atom is -0.378 e. The monoisotopic (exact) mass is 391 g/mol. The first kappa shape index (κ1) is 18.0. The molecule has 2 N–H and O–H groups in total. The molecule has 0 aliphatic heterocycles. The van der Waals surface area contributed by atoms with Gasteiger partial charge in [0.1, 0.15) is 5.02 Å². The standard InChI is InChI=1S/C21H18ClN5O/c22-19-18(12-24-25-21(19)28)23-11-17-14-27(13-15-7-3-1-4-8-15)26-20(17)16-9-5-2-6-10-16/h1-10,12,14H,11,13H2,(H2,23,25,28). The Morgan fingerprint density at radius 2 is 1.75 bits per heavy atom. The molecule has 0 aliphatic rings. The zero-order valence-corrected chi connectivity index (χ0v) is 15.7. The third kappa shape index (κ3) is 3.97. The summed E-state index contributed by atoms with van der Waals surface area (Å²) in [6.07, 6.45) is 3.51. The molecule has 0 fully saturated rings. The first-order valence-electron chi connectivity index (χ1n) is 8.83. The van der Waals surface area contributed by atoms with E-state index in [-0.39, 0.29) is 5.02 Å². The molecule has 0 saturated carbocycles. The van der Waals surface area contributed by atoms with Crippen molar-refractivity contribution in [3.63, 3.8) is 0 Å². The van der Waals surface area contributed by atoms with E-state index in [2.05, 4.69) is 27.6 Å². The van der Waals surface area contributed by atoms with Crippen molar-refractivity contribution in [2.45, 2.75) is 13.1 Å². The summed E-state index contributed by atoms with van der Waals surface area (Å²) in [7, 11) is 0. The summed E-state index contributed by atoms with van der Waals surface area (Å²) in [5.41, 5.74) is 4.15. The third-order valence-corrected chi connectivity index (χ3v) is 4.71. The third-order valence-electron chi connectivity index (χ3n) is 4.34. The number of hydrogen-bond donors (Lipinski definition) is 2. The predicted octanol–water partition coefficient (Wildman–Crippen LogP) is 3.95. The van der Waals surface area contributed by atoms with Gasteiger partial charge in [0.05, 0.1) is 24.1 Å². The van der Waals surface area contributed by atoms with E-state index in [0.29, 0.717) is 18.8 Å². The second-order valence-corrected chi connectivity index (χ2v) is 6.71. The second kappa shape index (κ2) is 8.10. The Morgan fingerprint density at radius 1 is 1.04 bits per heavy atom. The van der Waals surface area contributed by atoms with Crippen LogP contribution in [0.2, 0.25) is 5.02 Å². The lowest BCUT2D eigenvalue weighted by Gasteiger charge is -2.07. The number of halogens is 1. The minimum atomic E-state index is -0.422. The lowest BCUT2D eigenvalue weighted by Crippen LogP contribution is -2.11. The largest absolute Gasteiger partial charge is 0.378 e. The molecule has 0 unspecified atom stereocenters. The van der Waals surface area contributed by atoms with Crippen molar-refractivity contribution in [3.05, 3.63) is 99.6 Å². The van der Waals surface area contributed by atoms with E-state index in [9.17, 15) is 4.79 Å². The van der Waals surface area contributed by atoms with Crippen molar-refractivity contribution in [3.8, 4) is 11.3 Å². The van der Waals surface area contributed by atoms with E-state index in [1.54, 1.807) is 0 Å². The number of nitrogens with zero attached hydrogens (tertiary/aromatic N) is 3. The molecule has 2 aromatic carbocycles. The first-order chi connectivity index (χ1) is 13.7. The van der Waals surface area contributed by atoms with Gasteiger partial charge >= 0.3 is 0 Å². The number of anilines is 1. The van der Waals surface area contributed by atoms with E-state index in [1.165, 1.54) is 11.8 Å². The van der Waals surface area contributed by atoms with Crippen molar-refractivity contribution in [2.75, 3.05) is 5.32 Å². The zero-order valence-electron chi connectivity index (χ0n) is 15.0. The van der Waals surface area contributed by atoms with Crippen LogP contribution < -0.4 is 10.9 Å². The molecular weight excluding hydrogens is 374 g/mol. The zero-order chi connectivity index (χ0) is 19.3. The highest BCUT2D eigenvalue weighted by Crippen LogP contribution is 2.24. The van der Waals surface area contributed by atoms with Crippen molar-refractivity contribution in [1.82, 2.24) is 20.0 Å². The molecule has 4 rings (SSSR count). The van der Waals surface area contributed by atoms with Crippen LogP contribution in [0.3, 0.4) is 0 Å². The van der Waals surface area contributed by atoms with Gasteiger partial charge in [-0.2, -0.15) is 10.2 Å². The van der Waals surface area contributed by atoms with Gasteiger partial charge in [0.15, 0.2) is 0 Å². The molecule has 4 aromatic rings. The van der Waals surface area contributed by atoms with Crippen molar-refractivity contribution < 1.29 is 0 Å². The molecule has 2 heterocycles. The van der Waals surface area contributed by atoms with Crippen LogP contribution in [0.5, 0.6) is 0 Å². The topological polar surface area (TPSA) is 75.6 Å². The Morgan fingerprint density at radius 3 is 2.50 bits per heavy atom. The van der Waals surface area contributed by atoms with E-state index in [1.807, 2.05) is 59.4 Å². The number of aromatic amines is 1. The van der Waals surface area contributed by atoms with Gasteiger partial charge in [-0.3, -0.25) is 9.48 Å². The number of nitrogens with one attached hydrogen (secondary N) is 2. The second-order valence-electron chi connectivity index (χ2n) is 6.33. The molecule has 0 saturated heterocycles. The molecule has 2 aromatic heterocycles. The lowest BCUT2D eigenvalue weighted by atomic mass is 10.1. The van der Waals surface area contributed by atoms with Gasteiger partial charge in [-0.1, -0.05) is 72.3 Å². The SMILES string of the molecule is O=c1[nH]ncc(NCc2cn(Cc3ccccc3)nc2-c2ccccc2)c1Cl. The Balaban J connectivity index is 1.64. The number of rotatable bonds is 6. The summed E-state index contributed by atoms with van der Waals surface area (Å²) < 4.78 is 1.92. The van der Waals surface area contributed by atoms with Crippen LogP contribution in [0.25, 0.3) is 11.3 Å². The molecule has 140 valence electrons. The fourth-order valence-electron chi connectivity index (χ4n) is 2.98. The van der Waals surface area contributed by atoms with Gasteiger partial charge in [-0.05, 0) is 5.56 Å². The fourth-order valence-corrected chi connectivity index (χ4v) is 3.14. The number of H-pyrrole nitrogens is 1. The first-order valence-corrected chi connectivity index (χ1v) is 9.21. The Bertz CT molecular complexity index is 1120. The summed E-state index contributed by atoms with van der Waals surface area (Å²) in [6, 6.07) is 20.2. The summed E-state index contributed by atoms with van der Waals surface area (Å²) >= 11 is 6.06. The maximum atomic E-state index is 11.6. The summed E-state index contributed by atoms with van der Waals surface area (Å²) in [6.45, 7) is 1.14. The molecule has 0 radical (unpaired) electrons. The van der Waals surface area contributed by atoms with Gasteiger partial charge in [0.2, 0.25) is 0 Å². The maximum Gasteiger partial charge on any atom is 0.285 e. The van der Waals surface area contributed by atoms with Gasteiger partial charge < -0.3 is 5.32 Å². The van der Waals surface area contributed by atoms with Crippen LogP contribution in [0.15, 0.2) is 77.9 Å². The molecule has 6 nitrogen and oxygen atoms in total. The number of aromatic nitrogens is 4. The fraction of sp³-hybridized carbons (Fsp3) is 0.0952. The molecular formula is C21H18ClN5O. The normalized spacial score (nSPS) is 10.8. The summed E-state index contributed by atoms with van der Waals surface area (Å²) in [5, 5.41) is 14.2. The van der Waals surface area contributed by atoms with Crippen LogP contribution >= 0.6 is 11.6 Å². The van der Waals surface area contributed by atoms with E-state index < -0.39 is 5.56 Å². The molecule has 7 heteroatoms. The Hall–Kier alpha value is -3.38. The van der Waals surface area contributed by atoms with Gasteiger partial charge in [0.25, 0.3) is 5.56 Å². The van der Waals surface area contributed by atoms with Gasteiger partial charge in [0, 0.05) is 23.9 Å². The molecule has 0 amide bonds. The highest BCUT2D eigenvalue weighted by Gasteiger charge is 2.13. The average Bonchev–Trinajstić information content (AvgIpc) is 3.13. The summed E-state index contributed by atoms with van der Waals surface area (Å²) in [5.74, 6) is 0. The van der Waals surface area contributed by atoms with Crippen molar-refractivity contribution >= 4 is 17.3 Å². The molecule has 0 spiro atoms. The van der Waals surface area contributed by atoms with Gasteiger partial charge in [-0.15, -0.1) is 0 Å². The highest BCUT2D eigenvalue weighted by molar-refractivity contribution is 6.32. The maximum absolute atomic E-state index is 11.6. The van der Waals surface area contributed by atoms with Crippen LogP contribution in [0.1, 0.15) is 11.1 Å². The lowest BCUT2D eigenvalue weighted by molar-refractivity contribution is 0.688. The smallest absolute Gasteiger partial charge is 0.285 e. The van der Waals surface area contributed by atoms with Crippen LogP contribution in [-0.2, 0) is 13.1 Å². The average molecular weight is 392 g/mol. The highest BCUT2D eigenvalue weighted by atomic mass is 35.5. The van der Waals surface area contributed by atoms with Crippen LogP contribution in [0, 0.1) is 0 Å². The number of benzene rings is 2. The quantitative estimate of drug-likeness (QED) is 0.522. The van der Waals surface area contributed by atoms with Gasteiger partial charge in [-0.25, -0.2) is 5.10 Å². The molecule has 0 atom stereocenters. The molecule has 28 heavy (non-hydrogen) atoms. The van der Waals surface area contributed by atoms with E-state index >= 15 is 0 Å². The van der Waals surface area contributed by atoms with Crippen molar-refractivity contribution in [2.24, 2.45) is 0 Å². The molecule has 0 aliphatic carbocycles. The van der Waals surface area contributed by atoms with E-state index in [4.69, 9.17) is 16.7 Å². The van der Waals surface area contributed by atoms with E-state index in [0.717, 1.165) is 16.8 Å². The number of hydrogen-bond acceptors (Lipinski definition) is 4. The summed E-state index contributed by atoms with van der Waals surface area (Å²) in [4.78, 5) is 11.6. The van der Waals surface area contributed by atoms with Crippen LogP contribution in [0.4, 0.5) is 5.69 Å². The minimum absolute atomic E-state index is 0.0907.